The zero-order valence-corrected chi connectivity index (χ0v) is 15.7. The van der Waals surface area contributed by atoms with Crippen LogP contribution in [-0.2, 0) is 22.6 Å². The summed E-state index contributed by atoms with van der Waals surface area (Å²) in [5.74, 6) is -0.618. The number of benzene rings is 2. The molecule has 2 aromatic carbocycles. The fraction of sp³-hybridized carbons (Fsp3) is 0.300. The van der Waals surface area contributed by atoms with Gasteiger partial charge in [-0.05, 0) is 44.0 Å². The number of carbonyl (C=O) groups excluding carboxylic acids is 2. The van der Waals surface area contributed by atoms with Gasteiger partial charge in [-0.3, -0.25) is 9.59 Å². The van der Waals surface area contributed by atoms with Gasteiger partial charge in [-0.15, -0.1) is 0 Å². The molecule has 2 N–H and O–H groups in total. The van der Waals surface area contributed by atoms with Crippen molar-refractivity contribution < 1.29 is 14.3 Å². The second kappa shape index (κ2) is 9.82. The number of hydrogen-bond acceptors (Lipinski definition) is 3. The minimum absolute atomic E-state index is 0.0306. The lowest BCUT2D eigenvalue weighted by molar-refractivity contribution is -0.139. The van der Waals surface area contributed by atoms with Crippen LogP contribution in [0.3, 0.4) is 0 Å². The van der Waals surface area contributed by atoms with E-state index >= 15 is 0 Å². The van der Waals surface area contributed by atoms with E-state index in [1.165, 1.54) is 0 Å². The number of ether oxygens (including phenoxy) is 1. The summed E-state index contributed by atoms with van der Waals surface area (Å²) in [6, 6.07) is 14.8. The molecule has 0 radical (unpaired) electrons. The number of para-hydroxylation sites is 1. The first-order valence-corrected chi connectivity index (χ1v) is 8.88. The summed E-state index contributed by atoms with van der Waals surface area (Å²) in [5, 5.41) is 5.90. The van der Waals surface area contributed by atoms with Crippen molar-refractivity contribution >= 4 is 23.4 Å². The quantitative estimate of drug-likeness (QED) is 0.732. The van der Waals surface area contributed by atoms with Crippen LogP contribution in [-0.4, -0.2) is 24.5 Å². The Kier molecular flexibility index (Phi) is 7.48. The van der Waals surface area contributed by atoms with Crippen LogP contribution in [0.5, 0.6) is 5.75 Å². The van der Waals surface area contributed by atoms with Crippen LogP contribution >= 0.6 is 11.6 Å². The predicted octanol–water partition coefficient (Wildman–Crippen LogP) is 3.10. The Morgan fingerprint density at radius 3 is 2.35 bits per heavy atom. The molecule has 0 atom stereocenters. The van der Waals surface area contributed by atoms with Crippen molar-refractivity contribution in [3.05, 3.63) is 64.7 Å². The summed E-state index contributed by atoms with van der Waals surface area (Å²) < 4.78 is 5.70. The second-order valence-electron chi connectivity index (χ2n) is 6.09. The Bertz CT molecular complexity index is 745. The molecule has 26 heavy (non-hydrogen) atoms. The maximum absolute atomic E-state index is 12.0. The minimum Gasteiger partial charge on any atom is -0.491 e. The summed E-state index contributed by atoms with van der Waals surface area (Å²) >= 11 is 5.83. The summed E-state index contributed by atoms with van der Waals surface area (Å²) in [7, 11) is 0. The summed E-state index contributed by atoms with van der Waals surface area (Å²) in [5.41, 5.74) is 1.86. The lowest BCUT2D eigenvalue weighted by Crippen LogP contribution is -2.40. The van der Waals surface area contributed by atoms with Gasteiger partial charge in [0, 0.05) is 23.7 Å². The zero-order chi connectivity index (χ0) is 18.9. The lowest BCUT2D eigenvalue weighted by Gasteiger charge is -2.14. The predicted molar refractivity (Wildman–Crippen MR) is 102 cm³/mol. The topological polar surface area (TPSA) is 67.4 Å². The van der Waals surface area contributed by atoms with Crippen molar-refractivity contribution in [1.29, 1.82) is 0 Å². The number of amides is 2. The van der Waals surface area contributed by atoms with Crippen LogP contribution < -0.4 is 15.4 Å². The van der Waals surface area contributed by atoms with Crippen LogP contribution in [0.4, 0.5) is 0 Å². The molecule has 5 nitrogen and oxygen atoms in total. The van der Waals surface area contributed by atoms with Crippen LogP contribution in [0, 0.1) is 0 Å². The standard InChI is InChI=1S/C20H23ClN2O3/c1-14(2)26-18-6-4-3-5-16(18)13-23-20(25)19(24)22-12-11-15-7-9-17(21)10-8-15/h3-10,14H,11-13H2,1-2H3,(H,22,24)(H,23,25). The van der Waals surface area contributed by atoms with Gasteiger partial charge < -0.3 is 15.4 Å². The molecule has 0 saturated carbocycles. The van der Waals surface area contributed by atoms with E-state index in [1.54, 1.807) is 12.1 Å². The molecule has 0 aliphatic heterocycles. The van der Waals surface area contributed by atoms with Gasteiger partial charge in [-0.25, -0.2) is 0 Å². The Morgan fingerprint density at radius 2 is 1.65 bits per heavy atom. The highest BCUT2D eigenvalue weighted by Crippen LogP contribution is 2.19. The van der Waals surface area contributed by atoms with Gasteiger partial charge in [-0.2, -0.15) is 0 Å². The second-order valence-corrected chi connectivity index (χ2v) is 6.53. The summed E-state index contributed by atoms with van der Waals surface area (Å²) in [4.78, 5) is 23.9. The number of nitrogens with one attached hydrogen (secondary N) is 2. The van der Waals surface area contributed by atoms with Crippen LogP contribution in [0.25, 0.3) is 0 Å². The van der Waals surface area contributed by atoms with E-state index in [4.69, 9.17) is 16.3 Å². The van der Waals surface area contributed by atoms with E-state index in [1.807, 2.05) is 50.2 Å². The summed E-state index contributed by atoms with van der Waals surface area (Å²) in [6.07, 6.45) is 0.657. The highest BCUT2D eigenvalue weighted by Gasteiger charge is 2.13. The summed E-state index contributed by atoms with van der Waals surface area (Å²) in [6.45, 7) is 4.47. The van der Waals surface area contributed by atoms with Gasteiger partial charge in [-0.1, -0.05) is 41.9 Å². The SMILES string of the molecule is CC(C)Oc1ccccc1CNC(=O)C(=O)NCCc1ccc(Cl)cc1. The van der Waals surface area contributed by atoms with Crippen molar-refractivity contribution in [3.8, 4) is 5.75 Å². The van der Waals surface area contributed by atoms with E-state index in [2.05, 4.69) is 10.6 Å². The smallest absolute Gasteiger partial charge is 0.309 e. The minimum atomic E-state index is -0.666. The first kappa shape index (κ1) is 19.8. The Labute approximate surface area is 158 Å². The molecule has 0 aliphatic rings. The molecule has 0 unspecified atom stereocenters. The van der Waals surface area contributed by atoms with Gasteiger partial charge in [0.05, 0.1) is 6.10 Å². The first-order chi connectivity index (χ1) is 12.5. The van der Waals surface area contributed by atoms with Gasteiger partial charge in [0.2, 0.25) is 0 Å². The Morgan fingerprint density at radius 1 is 1.00 bits per heavy atom. The van der Waals surface area contributed by atoms with Crippen LogP contribution in [0.15, 0.2) is 48.5 Å². The maximum Gasteiger partial charge on any atom is 0.309 e. The molecule has 2 amide bonds. The molecule has 2 aromatic rings. The van der Waals surface area contributed by atoms with E-state index < -0.39 is 11.8 Å². The molecular weight excluding hydrogens is 352 g/mol. The first-order valence-electron chi connectivity index (χ1n) is 8.50. The molecule has 0 aliphatic carbocycles. The van der Waals surface area contributed by atoms with E-state index in [9.17, 15) is 9.59 Å². The van der Waals surface area contributed by atoms with E-state index in [0.29, 0.717) is 23.7 Å². The third-order valence-electron chi connectivity index (χ3n) is 3.59. The molecule has 0 heterocycles. The number of hydrogen-bond donors (Lipinski definition) is 2. The molecular formula is C20H23ClN2O3. The van der Waals surface area contributed by atoms with Crippen molar-refractivity contribution in [2.24, 2.45) is 0 Å². The van der Waals surface area contributed by atoms with Gasteiger partial charge >= 0.3 is 11.8 Å². The third kappa shape index (κ3) is 6.41. The Hall–Kier alpha value is -2.53. The highest BCUT2D eigenvalue weighted by atomic mass is 35.5. The number of halogens is 1. The maximum atomic E-state index is 12.0. The molecule has 0 aromatic heterocycles. The Balaban J connectivity index is 1.78. The van der Waals surface area contributed by atoms with Gasteiger partial charge in [0.1, 0.15) is 5.75 Å². The fourth-order valence-electron chi connectivity index (χ4n) is 2.33. The molecule has 0 fully saturated rings. The number of rotatable bonds is 7. The molecule has 138 valence electrons. The monoisotopic (exact) mass is 374 g/mol. The average molecular weight is 375 g/mol. The van der Waals surface area contributed by atoms with Crippen LogP contribution in [0.2, 0.25) is 5.02 Å². The fourth-order valence-corrected chi connectivity index (χ4v) is 2.45. The molecule has 0 spiro atoms. The van der Waals surface area contributed by atoms with Gasteiger partial charge in [0.15, 0.2) is 0 Å². The van der Waals surface area contributed by atoms with Crippen molar-refractivity contribution in [2.75, 3.05) is 6.54 Å². The molecule has 0 saturated heterocycles. The normalized spacial score (nSPS) is 10.5. The number of carbonyl (C=O) groups is 2. The zero-order valence-electron chi connectivity index (χ0n) is 14.9. The highest BCUT2D eigenvalue weighted by molar-refractivity contribution is 6.35. The average Bonchev–Trinajstić information content (AvgIpc) is 2.61. The molecule has 6 heteroatoms. The van der Waals surface area contributed by atoms with Gasteiger partial charge in [0.25, 0.3) is 0 Å². The van der Waals surface area contributed by atoms with E-state index in [-0.39, 0.29) is 12.6 Å². The molecule has 2 rings (SSSR count). The largest absolute Gasteiger partial charge is 0.491 e. The lowest BCUT2D eigenvalue weighted by atomic mass is 10.1. The van der Waals surface area contributed by atoms with E-state index in [0.717, 1.165) is 11.1 Å². The third-order valence-corrected chi connectivity index (χ3v) is 3.85. The van der Waals surface area contributed by atoms with Crippen molar-refractivity contribution in [1.82, 2.24) is 10.6 Å². The molecule has 0 bridgehead atoms. The van der Waals surface area contributed by atoms with Crippen molar-refractivity contribution in [3.63, 3.8) is 0 Å². The van der Waals surface area contributed by atoms with Crippen LogP contribution in [0.1, 0.15) is 25.0 Å². The van der Waals surface area contributed by atoms with Crippen molar-refractivity contribution in [2.45, 2.75) is 32.9 Å².